The second kappa shape index (κ2) is 7.46. The van der Waals surface area contributed by atoms with Crippen molar-refractivity contribution in [3.63, 3.8) is 0 Å². The molecule has 1 aliphatic heterocycles. The van der Waals surface area contributed by atoms with Crippen molar-refractivity contribution < 1.29 is 14.0 Å². The summed E-state index contributed by atoms with van der Waals surface area (Å²) in [4.78, 5) is 35.1. The molecule has 3 aromatic heterocycles. The average Bonchev–Trinajstić information content (AvgIpc) is 3.52. The van der Waals surface area contributed by atoms with E-state index in [0.717, 1.165) is 34.3 Å². The summed E-state index contributed by atoms with van der Waals surface area (Å²) in [6.07, 6.45) is 2.86. The number of nitrogens with zero attached hydrogens (tertiary/aromatic N) is 2. The summed E-state index contributed by atoms with van der Waals surface area (Å²) in [6, 6.07) is 10.8. The van der Waals surface area contributed by atoms with Gasteiger partial charge in [-0.3, -0.25) is 9.59 Å². The number of H-pyrrole nitrogens is 1. The minimum Gasteiger partial charge on any atom is -0.459 e. The third-order valence-corrected chi connectivity index (χ3v) is 6.19. The number of thiazole rings is 1. The summed E-state index contributed by atoms with van der Waals surface area (Å²) in [5, 5.41) is 6.47. The largest absolute Gasteiger partial charge is 0.459 e. The van der Waals surface area contributed by atoms with E-state index in [1.54, 1.807) is 17.0 Å². The monoisotopic (exact) mass is 420 g/mol. The summed E-state index contributed by atoms with van der Waals surface area (Å²) < 4.78 is 5.21. The zero-order chi connectivity index (χ0) is 20.7. The van der Waals surface area contributed by atoms with E-state index in [-0.39, 0.29) is 17.6 Å². The van der Waals surface area contributed by atoms with Crippen molar-refractivity contribution in [2.24, 2.45) is 0 Å². The number of fused-ring (bicyclic) bond motifs is 1. The van der Waals surface area contributed by atoms with Crippen LogP contribution >= 0.6 is 11.3 Å². The lowest BCUT2D eigenvalue weighted by Gasteiger charge is -2.22. The third-order valence-electron chi connectivity index (χ3n) is 5.43. The van der Waals surface area contributed by atoms with E-state index in [9.17, 15) is 9.59 Å². The van der Waals surface area contributed by atoms with Crippen LogP contribution in [0.4, 0.5) is 5.13 Å². The molecule has 1 fully saturated rings. The fourth-order valence-corrected chi connectivity index (χ4v) is 4.77. The number of hydrogen-bond donors (Lipinski definition) is 2. The molecule has 0 saturated carbocycles. The predicted octanol–water partition coefficient (Wildman–Crippen LogP) is 4.44. The van der Waals surface area contributed by atoms with Gasteiger partial charge in [-0.05, 0) is 38.0 Å². The van der Waals surface area contributed by atoms with Gasteiger partial charge in [0.2, 0.25) is 5.91 Å². The van der Waals surface area contributed by atoms with E-state index in [2.05, 4.69) is 21.4 Å². The summed E-state index contributed by atoms with van der Waals surface area (Å²) in [7, 11) is 0. The van der Waals surface area contributed by atoms with Crippen molar-refractivity contribution in [1.29, 1.82) is 0 Å². The van der Waals surface area contributed by atoms with Crippen molar-refractivity contribution in [2.45, 2.75) is 25.8 Å². The molecule has 30 heavy (non-hydrogen) atoms. The normalized spacial score (nSPS) is 16.3. The highest BCUT2D eigenvalue weighted by Crippen LogP contribution is 2.34. The number of carbonyl (C=O) groups is 2. The molecule has 1 saturated heterocycles. The molecule has 1 aromatic carbocycles. The lowest BCUT2D eigenvalue weighted by Crippen LogP contribution is -2.43. The first-order valence-electron chi connectivity index (χ1n) is 9.80. The Balaban J connectivity index is 1.35. The zero-order valence-corrected chi connectivity index (χ0v) is 17.2. The van der Waals surface area contributed by atoms with Crippen LogP contribution in [0.2, 0.25) is 0 Å². The number of benzene rings is 1. The van der Waals surface area contributed by atoms with E-state index >= 15 is 0 Å². The topological polar surface area (TPSA) is 91.2 Å². The van der Waals surface area contributed by atoms with E-state index in [0.29, 0.717) is 18.1 Å². The summed E-state index contributed by atoms with van der Waals surface area (Å²) in [5.74, 6) is -0.225. The van der Waals surface area contributed by atoms with Gasteiger partial charge in [-0.1, -0.05) is 18.2 Å². The lowest BCUT2D eigenvalue weighted by atomic mass is 10.1. The van der Waals surface area contributed by atoms with E-state index in [4.69, 9.17) is 4.42 Å². The second-order valence-corrected chi connectivity index (χ2v) is 8.19. The van der Waals surface area contributed by atoms with Crippen LogP contribution in [-0.2, 0) is 4.79 Å². The van der Waals surface area contributed by atoms with Crippen molar-refractivity contribution in [2.75, 3.05) is 11.9 Å². The zero-order valence-electron chi connectivity index (χ0n) is 16.3. The molecular formula is C22H20N4O3S. The molecule has 1 aliphatic rings. The Hall–Kier alpha value is -3.39. The first-order valence-corrected chi connectivity index (χ1v) is 10.7. The molecule has 1 unspecified atom stereocenters. The summed E-state index contributed by atoms with van der Waals surface area (Å²) in [5.41, 5.74) is 3.95. The fraction of sp³-hybridized carbons (Fsp3) is 0.227. The van der Waals surface area contributed by atoms with Gasteiger partial charge in [-0.25, -0.2) is 4.98 Å². The molecule has 0 radical (unpaired) electrons. The first-order chi connectivity index (χ1) is 14.6. The highest BCUT2D eigenvalue weighted by Gasteiger charge is 2.35. The van der Waals surface area contributed by atoms with Crippen molar-refractivity contribution >= 4 is 39.2 Å². The van der Waals surface area contributed by atoms with Crippen LogP contribution < -0.4 is 5.32 Å². The maximum Gasteiger partial charge on any atom is 0.290 e. The molecule has 0 aliphatic carbocycles. The van der Waals surface area contributed by atoms with E-state index in [1.807, 2.05) is 30.5 Å². The van der Waals surface area contributed by atoms with Crippen LogP contribution in [0.1, 0.15) is 29.1 Å². The first kappa shape index (κ1) is 18.6. The second-order valence-electron chi connectivity index (χ2n) is 7.33. The molecule has 8 heteroatoms. The van der Waals surface area contributed by atoms with Gasteiger partial charge in [-0.2, -0.15) is 0 Å². The molecule has 4 aromatic rings. The molecular weight excluding hydrogens is 400 g/mol. The number of aromatic amines is 1. The van der Waals surface area contributed by atoms with Gasteiger partial charge in [-0.15, -0.1) is 11.3 Å². The summed E-state index contributed by atoms with van der Waals surface area (Å²) in [6.45, 7) is 2.55. The number of hydrogen-bond acceptors (Lipinski definition) is 5. The Morgan fingerprint density at radius 3 is 2.97 bits per heavy atom. The number of amides is 2. The fourth-order valence-electron chi connectivity index (χ4n) is 4.07. The highest BCUT2D eigenvalue weighted by molar-refractivity contribution is 7.14. The SMILES string of the molecule is Cc1[nH]c2ccccc2c1-c1csc(NC(=O)C2CCCN2C(=O)c2ccco2)n1. The number of aromatic nitrogens is 2. The van der Waals surface area contributed by atoms with Gasteiger partial charge in [0.25, 0.3) is 5.91 Å². The third kappa shape index (κ3) is 3.19. The Kier molecular flexibility index (Phi) is 4.63. The van der Waals surface area contributed by atoms with Crippen molar-refractivity contribution in [3.05, 3.63) is 59.5 Å². The number of furan rings is 1. The van der Waals surface area contributed by atoms with Gasteiger partial charge in [0.05, 0.1) is 12.0 Å². The molecule has 7 nitrogen and oxygen atoms in total. The molecule has 5 rings (SSSR count). The van der Waals surface area contributed by atoms with Crippen LogP contribution in [0, 0.1) is 6.92 Å². The number of para-hydroxylation sites is 1. The molecule has 1 atom stereocenters. The van der Waals surface area contributed by atoms with E-state index in [1.165, 1.54) is 17.6 Å². The molecule has 2 N–H and O–H groups in total. The number of anilines is 1. The molecule has 0 bridgehead atoms. The maximum absolute atomic E-state index is 12.9. The van der Waals surface area contributed by atoms with Crippen LogP contribution in [0.15, 0.2) is 52.5 Å². The minimum atomic E-state index is -0.523. The van der Waals surface area contributed by atoms with E-state index < -0.39 is 6.04 Å². The van der Waals surface area contributed by atoms with Crippen LogP contribution in [0.25, 0.3) is 22.2 Å². The van der Waals surface area contributed by atoms with Crippen LogP contribution in [0.3, 0.4) is 0 Å². The number of likely N-dealkylation sites (tertiary alicyclic amines) is 1. The summed E-state index contributed by atoms with van der Waals surface area (Å²) >= 11 is 1.38. The van der Waals surface area contributed by atoms with Gasteiger partial charge < -0.3 is 19.6 Å². The number of rotatable bonds is 4. The Bertz CT molecular complexity index is 1220. The van der Waals surface area contributed by atoms with Crippen molar-refractivity contribution in [3.8, 4) is 11.3 Å². The lowest BCUT2D eigenvalue weighted by molar-refractivity contribution is -0.119. The van der Waals surface area contributed by atoms with Gasteiger partial charge in [0.1, 0.15) is 6.04 Å². The number of carbonyl (C=O) groups excluding carboxylic acids is 2. The number of aryl methyl sites for hydroxylation is 1. The maximum atomic E-state index is 12.9. The van der Waals surface area contributed by atoms with Crippen LogP contribution in [0.5, 0.6) is 0 Å². The Morgan fingerprint density at radius 1 is 1.27 bits per heavy atom. The van der Waals surface area contributed by atoms with Gasteiger partial charge in [0, 0.05) is 34.1 Å². The molecule has 2 amide bonds. The van der Waals surface area contributed by atoms with Gasteiger partial charge in [0.15, 0.2) is 10.9 Å². The molecule has 0 spiro atoms. The Labute approximate surface area is 176 Å². The molecule has 4 heterocycles. The number of nitrogens with one attached hydrogen (secondary N) is 2. The highest BCUT2D eigenvalue weighted by atomic mass is 32.1. The quantitative estimate of drug-likeness (QED) is 0.511. The van der Waals surface area contributed by atoms with Crippen molar-refractivity contribution in [1.82, 2.24) is 14.9 Å². The standard InChI is InChI=1S/C22H20N4O3S/c1-13-19(14-6-2-3-7-15(14)23-13)16-12-30-22(24-16)25-20(27)17-8-4-10-26(17)21(28)18-9-5-11-29-18/h2-3,5-7,9,11-12,17,23H,4,8,10H2,1H3,(H,24,25,27). The Morgan fingerprint density at radius 2 is 2.13 bits per heavy atom. The smallest absolute Gasteiger partial charge is 0.290 e. The predicted molar refractivity (Wildman–Crippen MR) is 116 cm³/mol. The minimum absolute atomic E-state index is 0.219. The average molecular weight is 420 g/mol. The van der Waals surface area contributed by atoms with Crippen LogP contribution in [-0.4, -0.2) is 39.3 Å². The molecule has 152 valence electrons. The van der Waals surface area contributed by atoms with Gasteiger partial charge >= 0.3 is 0 Å².